The highest BCUT2D eigenvalue weighted by atomic mass is 32.2. The van der Waals surface area contributed by atoms with Crippen molar-refractivity contribution in [1.82, 2.24) is 25.0 Å². The summed E-state index contributed by atoms with van der Waals surface area (Å²) in [5.74, 6) is 0.275. The predicted octanol–water partition coefficient (Wildman–Crippen LogP) is 4.08. The number of aromatic nitrogens is 3. The molecule has 0 unspecified atom stereocenters. The van der Waals surface area contributed by atoms with E-state index in [0.717, 1.165) is 29.4 Å². The normalized spacial score (nSPS) is 11.3. The number of amides is 1. The van der Waals surface area contributed by atoms with Crippen molar-refractivity contribution < 1.29 is 4.79 Å². The quantitative estimate of drug-likeness (QED) is 0.484. The molecule has 7 heteroatoms. The molecule has 0 aliphatic heterocycles. The molecule has 2 aromatic carbocycles. The Bertz CT molecular complexity index is 1000. The van der Waals surface area contributed by atoms with E-state index in [2.05, 4.69) is 72.5 Å². The SMILES string of the molecule is CCc1ccccc1-n1cnnc1SCC(=O)NCc1ccccc1CN(C)C(C)C. The lowest BCUT2D eigenvalue weighted by molar-refractivity contribution is -0.118. The summed E-state index contributed by atoms with van der Waals surface area (Å²) >= 11 is 1.40. The highest BCUT2D eigenvalue weighted by Gasteiger charge is 2.13. The van der Waals surface area contributed by atoms with Crippen molar-refractivity contribution in [2.24, 2.45) is 0 Å². The number of thioether (sulfide) groups is 1. The van der Waals surface area contributed by atoms with Crippen LogP contribution in [0.25, 0.3) is 5.69 Å². The van der Waals surface area contributed by atoms with Crippen LogP contribution in [0.1, 0.15) is 37.5 Å². The topological polar surface area (TPSA) is 63.1 Å². The molecule has 0 saturated heterocycles. The highest BCUT2D eigenvalue weighted by molar-refractivity contribution is 7.99. The van der Waals surface area contributed by atoms with E-state index in [9.17, 15) is 4.79 Å². The molecule has 1 N–H and O–H groups in total. The van der Waals surface area contributed by atoms with E-state index in [1.54, 1.807) is 6.33 Å². The first-order valence-electron chi connectivity index (χ1n) is 10.6. The number of nitrogens with one attached hydrogen (secondary N) is 1. The molecule has 6 nitrogen and oxygen atoms in total. The zero-order chi connectivity index (χ0) is 22.2. The number of rotatable bonds is 10. The molecule has 31 heavy (non-hydrogen) atoms. The van der Waals surface area contributed by atoms with Gasteiger partial charge in [-0.25, -0.2) is 0 Å². The Morgan fingerprint density at radius 2 is 1.77 bits per heavy atom. The van der Waals surface area contributed by atoms with Gasteiger partial charge in [-0.15, -0.1) is 10.2 Å². The number of carbonyl (C=O) groups is 1. The fourth-order valence-corrected chi connectivity index (χ4v) is 3.99. The van der Waals surface area contributed by atoms with Gasteiger partial charge in [0.15, 0.2) is 5.16 Å². The van der Waals surface area contributed by atoms with Crippen molar-refractivity contribution >= 4 is 17.7 Å². The van der Waals surface area contributed by atoms with Crippen LogP contribution in [-0.4, -0.2) is 44.4 Å². The number of para-hydroxylation sites is 1. The largest absolute Gasteiger partial charge is 0.351 e. The van der Waals surface area contributed by atoms with E-state index < -0.39 is 0 Å². The fraction of sp³-hybridized carbons (Fsp3) is 0.375. The first-order chi connectivity index (χ1) is 15.0. The van der Waals surface area contributed by atoms with Gasteiger partial charge in [0.1, 0.15) is 6.33 Å². The van der Waals surface area contributed by atoms with Gasteiger partial charge in [0.2, 0.25) is 5.91 Å². The molecule has 0 aliphatic carbocycles. The first kappa shape index (κ1) is 23.0. The van der Waals surface area contributed by atoms with Crippen molar-refractivity contribution in [2.75, 3.05) is 12.8 Å². The van der Waals surface area contributed by atoms with Crippen molar-refractivity contribution in [3.63, 3.8) is 0 Å². The maximum Gasteiger partial charge on any atom is 0.230 e. The minimum Gasteiger partial charge on any atom is -0.351 e. The number of nitrogens with zero attached hydrogens (tertiary/aromatic N) is 4. The monoisotopic (exact) mass is 437 g/mol. The molecule has 3 rings (SSSR count). The van der Waals surface area contributed by atoms with E-state index in [0.29, 0.717) is 18.3 Å². The van der Waals surface area contributed by atoms with Gasteiger partial charge >= 0.3 is 0 Å². The summed E-state index contributed by atoms with van der Waals surface area (Å²) in [5, 5.41) is 12.0. The third-order valence-corrected chi connectivity index (χ3v) is 6.32. The second-order valence-corrected chi connectivity index (χ2v) is 8.75. The van der Waals surface area contributed by atoms with Gasteiger partial charge in [0, 0.05) is 19.1 Å². The highest BCUT2D eigenvalue weighted by Crippen LogP contribution is 2.22. The van der Waals surface area contributed by atoms with E-state index >= 15 is 0 Å². The molecular weight excluding hydrogens is 406 g/mol. The maximum atomic E-state index is 12.5. The average molecular weight is 438 g/mol. The number of aryl methyl sites for hydroxylation is 1. The molecule has 1 aromatic heterocycles. The second-order valence-electron chi connectivity index (χ2n) is 7.81. The van der Waals surface area contributed by atoms with Crippen molar-refractivity contribution in [3.8, 4) is 5.69 Å². The smallest absolute Gasteiger partial charge is 0.230 e. The Hall–Kier alpha value is -2.64. The summed E-state index contributed by atoms with van der Waals surface area (Å²) in [5.41, 5.74) is 4.66. The molecular formula is C24H31N5OS. The van der Waals surface area contributed by atoms with Crippen LogP contribution in [0.3, 0.4) is 0 Å². The van der Waals surface area contributed by atoms with Crippen molar-refractivity contribution in [2.45, 2.75) is 51.5 Å². The molecule has 0 atom stereocenters. The lowest BCUT2D eigenvalue weighted by atomic mass is 10.1. The van der Waals surface area contributed by atoms with E-state index in [1.165, 1.54) is 22.9 Å². The third kappa shape index (κ3) is 6.18. The molecule has 0 fully saturated rings. The van der Waals surface area contributed by atoms with Crippen LogP contribution >= 0.6 is 11.8 Å². The molecule has 3 aromatic rings. The molecule has 0 radical (unpaired) electrons. The number of hydrogen-bond donors (Lipinski definition) is 1. The maximum absolute atomic E-state index is 12.5. The zero-order valence-electron chi connectivity index (χ0n) is 18.7. The number of hydrogen-bond acceptors (Lipinski definition) is 5. The molecule has 1 heterocycles. The van der Waals surface area contributed by atoms with Crippen LogP contribution in [0, 0.1) is 0 Å². The van der Waals surface area contributed by atoms with Gasteiger partial charge in [-0.2, -0.15) is 0 Å². The van der Waals surface area contributed by atoms with E-state index in [-0.39, 0.29) is 5.91 Å². The summed E-state index contributed by atoms with van der Waals surface area (Å²) in [7, 11) is 2.11. The van der Waals surface area contributed by atoms with Gasteiger partial charge in [-0.1, -0.05) is 61.2 Å². The second kappa shape index (κ2) is 11.1. The third-order valence-electron chi connectivity index (χ3n) is 5.38. The Kier molecular flexibility index (Phi) is 8.26. The van der Waals surface area contributed by atoms with Crippen LogP contribution in [0.4, 0.5) is 0 Å². The Labute approximate surface area is 189 Å². The molecule has 164 valence electrons. The Morgan fingerprint density at radius 3 is 2.48 bits per heavy atom. The summed E-state index contributed by atoms with van der Waals surface area (Å²) in [4.78, 5) is 14.8. The molecule has 0 spiro atoms. The van der Waals surface area contributed by atoms with Gasteiger partial charge in [-0.05, 0) is 50.1 Å². The Morgan fingerprint density at radius 1 is 1.10 bits per heavy atom. The molecule has 1 amide bonds. The van der Waals surface area contributed by atoms with Crippen LogP contribution < -0.4 is 5.32 Å². The van der Waals surface area contributed by atoms with Crippen molar-refractivity contribution in [1.29, 1.82) is 0 Å². The van der Waals surface area contributed by atoms with E-state index in [1.807, 2.05) is 28.8 Å². The minimum absolute atomic E-state index is 0.0182. The molecule has 0 saturated carbocycles. The zero-order valence-corrected chi connectivity index (χ0v) is 19.5. The summed E-state index contributed by atoms with van der Waals surface area (Å²) < 4.78 is 1.95. The van der Waals surface area contributed by atoms with Crippen LogP contribution in [0.15, 0.2) is 60.0 Å². The lowest BCUT2D eigenvalue weighted by Crippen LogP contribution is -2.28. The predicted molar refractivity (Wildman–Crippen MR) is 126 cm³/mol. The fourth-order valence-electron chi connectivity index (χ4n) is 3.24. The van der Waals surface area contributed by atoms with E-state index in [4.69, 9.17) is 0 Å². The summed E-state index contributed by atoms with van der Waals surface area (Å²) in [6, 6.07) is 16.9. The van der Waals surface area contributed by atoms with Crippen LogP contribution in [0.2, 0.25) is 0 Å². The van der Waals surface area contributed by atoms with Crippen LogP contribution in [-0.2, 0) is 24.3 Å². The number of benzene rings is 2. The minimum atomic E-state index is -0.0182. The standard InChI is InChI=1S/C24H31N5OS/c1-5-19-10-8-9-13-22(19)29-17-26-27-24(29)31-16-23(30)25-14-20-11-6-7-12-21(20)15-28(4)18(2)3/h6-13,17-18H,5,14-16H2,1-4H3,(H,25,30). The average Bonchev–Trinajstić information content (AvgIpc) is 3.25. The van der Waals surface area contributed by atoms with Gasteiger partial charge in [-0.3, -0.25) is 14.3 Å². The van der Waals surface area contributed by atoms with Gasteiger partial charge in [0.25, 0.3) is 0 Å². The van der Waals surface area contributed by atoms with Crippen molar-refractivity contribution in [3.05, 3.63) is 71.5 Å². The lowest BCUT2D eigenvalue weighted by Gasteiger charge is -2.22. The first-order valence-corrected chi connectivity index (χ1v) is 11.6. The van der Waals surface area contributed by atoms with Gasteiger partial charge < -0.3 is 5.32 Å². The van der Waals surface area contributed by atoms with Crippen LogP contribution in [0.5, 0.6) is 0 Å². The summed E-state index contributed by atoms with van der Waals surface area (Å²) in [6.45, 7) is 7.87. The Balaban J connectivity index is 1.59. The molecule has 0 bridgehead atoms. The summed E-state index contributed by atoms with van der Waals surface area (Å²) in [6.07, 6.45) is 2.63. The molecule has 0 aliphatic rings. The number of carbonyl (C=O) groups excluding carboxylic acids is 1. The van der Waals surface area contributed by atoms with Gasteiger partial charge in [0.05, 0.1) is 11.4 Å².